The number of aliphatic carboxylic acids is 1. The molecule has 0 bridgehead atoms. The van der Waals surface area contributed by atoms with Crippen LogP contribution in [-0.4, -0.2) is 37.5 Å². The number of carbonyl (C=O) groups is 2. The van der Waals surface area contributed by atoms with Crippen LogP contribution in [0.15, 0.2) is 12.4 Å². The molecule has 110 valence electrons. The van der Waals surface area contributed by atoms with E-state index in [1.165, 1.54) is 10.9 Å². The van der Waals surface area contributed by atoms with Gasteiger partial charge in [-0.3, -0.25) is 4.79 Å². The van der Waals surface area contributed by atoms with Crippen LogP contribution in [0, 0.1) is 5.92 Å². The minimum Gasteiger partial charge on any atom is -0.480 e. The Labute approximate surface area is 117 Å². The lowest BCUT2D eigenvalue weighted by atomic mass is 9.75. The highest BCUT2D eigenvalue weighted by Gasteiger charge is 2.42. The summed E-state index contributed by atoms with van der Waals surface area (Å²) in [6.07, 6.45) is 6.77. The molecule has 0 aromatic carbocycles. The van der Waals surface area contributed by atoms with Crippen molar-refractivity contribution in [3.05, 3.63) is 12.4 Å². The van der Waals surface area contributed by atoms with Crippen molar-refractivity contribution in [2.45, 2.75) is 51.1 Å². The highest BCUT2D eigenvalue weighted by atomic mass is 16.4. The summed E-state index contributed by atoms with van der Waals surface area (Å²) in [4.78, 5) is 23.5. The SMILES string of the molecule is CCC1CCC(NC(=O)Cn2ccnn2)(C(=O)O)CC1. The predicted molar refractivity (Wildman–Crippen MR) is 70.8 cm³/mol. The molecule has 1 saturated carbocycles. The lowest BCUT2D eigenvalue weighted by molar-refractivity contribution is -0.150. The first-order chi connectivity index (χ1) is 9.55. The maximum absolute atomic E-state index is 12.0. The summed E-state index contributed by atoms with van der Waals surface area (Å²) in [7, 11) is 0. The Hall–Kier alpha value is -1.92. The molecule has 0 atom stereocenters. The van der Waals surface area contributed by atoms with Gasteiger partial charge in [-0.05, 0) is 31.6 Å². The third kappa shape index (κ3) is 3.15. The lowest BCUT2D eigenvalue weighted by Crippen LogP contribution is -2.57. The Morgan fingerprint density at radius 3 is 2.65 bits per heavy atom. The number of hydrogen-bond donors (Lipinski definition) is 2. The summed E-state index contributed by atoms with van der Waals surface area (Å²) in [6, 6.07) is 0. The van der Waals surface area contributed by atoms with E-state index in [1.54, 1.807) is 6.20 Å². The molecule has 0 radical (unpaired) electrons. The molecule has 1 aromatic heterocycles. The van der Waals surface area contributed by atoms with Crippen LogP contribution in [0.3, 0.4) is 0 Å². The zero-order valence-corrected chi connectivity index (χ0v) is 11.6. The van der Waals surface area contributed by atoms with Crippen molar-refractivity contribution in [2.24, 2.45) is 5.92 Å². The number of nitrogens with one attached hydrogen (secondary N) is 1. The van der Waals surface area contributed by atoms with Crippen molar-refractivity contribution < 1.29 is 14.7 Å². The lowest BCUT2D eigenvalue weighted by Gasteiger charge is -2.37. The minimum absolute atomic E-state index is 0.00770. The van der Waals surface area contributed by atoms with Crippen molar-refractivity contribution in [1.29, 1.82) is 0 Å². The smallest absolute Gasteiger partial charge is 0.329 e. The number of amides is 1. The second kappa shape index (κ2) is 6.02. The highest BCUT2D eigenvalue weighted by Crippen LogP contribution is 2.34. The average Bonchev–Trinajstić information content (AvgIpc) is 2.92. The van der Waals surface area contributed by atoms with Gasteiger partial charge in [0.15, 0.2) is 0 Å². The summed E-state index contributed by atoms with van der Waals surface area (Å²) in [5.41, 5.74) is -1.12. The van der Waals surface area contributed by atoms with Gasteiger partial charge in [0, 0.05) is 6.20 Å². The van der Waals surface area contributed by atoms with Gasteiger partial charge in [0.05, 0.1) is 6.20 Å². The van der Waals surface area contributed by atoms with Crippen LogP contribution >= 0.6 is 0 Å². The Balaban J connectivity index is 1.99. The van der Waals surface area contributed by atoms with Crippen molar-refractivity contribution >= 4 is 11.9 Å². The molecule has 1 amide bonds. The Morgan fingerprint density at radius 2 is 2.15 bits per heavy atom. The molecule has 0 saturated heterocycles. The number of carboxylic acids is 1. The second-order valence-corrected chi connectivity index (χ2v) is 5.39. The van der Waals surface area contributed by atoms with Gasteiger partial charge in [-0.15, -0.1) is 5.10 Å². The number of hydrogen-bond acceptors (Lipinski definition) is 4. The third-order valence-corrected chi connectivity index (χ3v) is 4.10. The summed E-state index contributed by atoms with van der Waals surface area (Å²) in [5, 5.41) is 19.5. The van der Waals surface area contributed by atoms with E-state index < -0.39 is 11.5 Å². The van der Waals surface area contributed by atoms with Gasteiger partial charge in [-0.1, -0.05) is 18.6 Å². The van der Waals surface area contributed by atoms with Crippen LogP contribution in [0.5, 0.6) is 0 Å². The molecule has 0 unspecified atom stereocenters. The number of aromatic nitrogens is 3. The van der Waals surface area contributed by atoms with Crippen LogP contribution in [-0.2, 0) is 16.1 Å². The molecule has 2 N–H and O–H groups in total. The fraction of sp³-hybridized carbons (Fsp3) is 0.692. The Kier molecular flexibility index (Phi) is 4.36. The number of carbonyl (C=O) groups excluding carboxylic acids is 1. The monoisotopic (exact) mass is 280 g/mol. The van der Waals surface area contributed by atoms with E-state index in [0.29, 0.717) is 18.8 Å². The van der Waals surface area contributed by atoms with Crippen molar-refractivity contribution in [3.63, 3.8) is 0 Å². The van der Waals surface area contributed by atoms with E-state index in [2.05, 4.69) is 22.6 Å². The first-order valence-corrected chi connectivity index (χ1v) is 6.94. The van der Waals surface area contributed by atoms with Gasteiger partial charge < -0.3 is 10.4 Å². The summed E-state index contributed by atoms with van der Waals surface area (Å²) >= 11 is 0. The number of nitrogens with zero attached hydrogens (tertiary/aromatic N) is 3. The topological polar surface area (TPSA) is 97.1 Å². The second-order valence-electron chi connectivity index (χ2n) is 5.39. The summed E-state index contributed by atoms with van der Waals surface area (Å²) < 4.78 is 1.38. The van der Waals surface area contributed by atoms with Gasteiger partial charge in [0.25, 0.3) is 0 Å². The van der Waals surface area contributed by atoms with Gasteiger partial charge in [0.2, 0.25) is 5.91 Å². The first-order valence-electron chi connectivity index (χ1n) is 6.94. The standard InChI is InChI=1S/C13H20N4O3/c1-2-10-3-5-13(6-4-10,12(19)20)15-11(18)9-17-8-7-14-16-17/h7-8,10H,2-6,9H2,1H3,(H,15,18)(H,19,20). The maximum Gasteiger partial charge on any atom is 0.329 e. The predicted octanol–water partition coefficient (Wildman–Crippen LogP) is 0.818. The number of carboxylic acid groups (broad SMARTS) is 1. The molecule has 0 aliphatic heterocycles. The van der Waals surface area contributed by atoms with E-state index in [0.717, 1.165) is 19.3 Å². The van der Waals surface area contributed by atoms with Gasteiger partial charge in [-0.25, -0.2) is 9.48 Å². The molecule has 1 aliphatic carbocycles. The van der Waals surface area contributed by atoms with Gasteiger partial charge in [-0.2, -0.15) is 0 Å². The molecule has 1 fully saturated rings. The van der Waals surface area contributed by atoms with Gasteiger partial charge in [0.1, 0.15) is 12.1 Å². The fourth-order valence-electron chi connectivity index (χ4n) is 2.74. The van der Waals surface area contributed by atoms with E-state index in [4.69, 9.17) is 0 Å². The minimum atomic E-state index is -1.12. The van der Waals surface area contributed by atoms with E-state index in [9.17, 15) is 14.7 Å². The van der Waals surface area contributed by atoms with Crippen LogP contribution in [0.1, 0.15) is 39.0 Å². The first kappa shape index (κ1) is 14.5. The third-order valence-electron chi connectivity index (χ3n) is 4.10. The Morgan fingerprint density at radius 1 is 1.45 bits per heavy atom. The van der Waals surface area contributed by atoms with E-state index in [-0.39, 0.29) is 12.5 Å². The molecule has 2 rings (SSSR count). The van der Waals surface area contributed by atoms with E-state index in [1.807, 2.05) is 0 Å². The van der Waals surface area contributed by atoms with Gasteiger partial charge >= 0.3 is 5.97 Å². The quantitative estimate of drug-likeness (QED) is 0.832. The molecule has 7 nitrogen and oxygen atoms in total. The Bertz CT molecular complexity index is 464. The molecule has 7 heteroatoms. The average molecular weight is 280 g/mol. The molecule has 1 aromatic rings. The molecular formula is C13H20N4O3. The zero-order chi connectivity index (χ0) is 14.6. The molecule has 1 aliphatic rings. The van der Waals surface area contributed by atoms with Crippen LogP contribution < -0.4 is 5.32 Å². The van der Waals surface area contributed by atoms with Crippen molar-refractivity contribution in [3.8, 4) is 0 Å². The van der Waals surface area contributed by atoms with E-state index >= 15 is 0 Å². The largest absolute Gasteiger partial charge is 0.480 e. The van der Waals surface area contributed by atoms with Crippen LogP contribution in [0.4, 0.5) is 0 Å². The summed E-state index contributed by atoms with van der Waals surface area (Å²) in [5.74, 6) is -0.721. The fourth-order valence-corrected chi connectivity index (χ4v) is 2.74. The van der Waals surface area contributed by atoms with Crippen molar-refractivity contribution in [2.75, 3.05) is 0 Å². The number of rotatable bonds is 5. The maximum atomic E-state index is 12.0. The highest BCUT2D eigenvalue weighted by molar-refractivity contribution is 5.87. The van der Waals surface area contributed by atoms with Crippen LogP contribution in [0.25, 0.3) is 0 Å². The summed E-state index contributed by atoms with van der Waals surface area (Å²) in [6.45, 7) is 2.11. The van der Waals surface area contributed by atoms with Crippen molar-refractivity contribution in [1.82, 2.24) is 20.3 Å². The molecule has 20 heavy (non-hydrogen) atoms. The zero-order valence-electron chi connectivity index (χ0n) is 11.6. The molecule has 1 heterocycles. The normalized spacial score (nSPS) is 26.1. The van der Waals surface area contributed by atoms with Crippen LogP contribution in [0.2, 0.25) is 0 Å². The molecule has 0 spiro atoms. The molecular weight excluding hydrogens is 260 g/mol.